The molecule has 1 fully saturated rings. The van der Waals surface area contributed by atoms with Crippen LogP contribution in [0.2, 0.25) is 0 Å². The average molecular weight is 468 g/mol. The number of benzene rings is 3. The molecule has 0 unspecified atom stereocenters. The lowest BCUT2D eigenvalue weighted by atomic mass is 10.0. The van der Waals surface area contributed by atoms with Crippen molar-refractivity contribution in [1.29, 1.82) is 0 Å². The first-order chi connectivity index (χ1) is 16.8. The summed E-state index contributed by atoms with van der Waals surface area (Å²) >= 11 is 0. The Bertz CT molecular complexity index is 1300. The number of ether oxygens (including phenoxy) is 1. The first-order valence-electron chi connectivity index (χ1n) is 12.4. The maximum Gasteiger partial charge on any atom is 0.410 e. The summed E-state index contributed by atoms with van der Waals surface area (Å²) in [5.74, 6) is 0.799. The van der Waals surface area contributed by atoms with Crippen molar-refractivity contribution >= 4 is 17.0 Å². The summed E-state index contributed by atoms with van der Waals surface area (Å²) in [5, 5.41) is 5.77. The third-order valence-corrected chi connectivity index (χ3v) is 6.30. The van der Waals surface area contributed by atoms with Crippen molar-refractivity contribution in [3.8, 4) is 11.1 Å². The van der Waals surface area contributed by atoms with Crippen molar-refractivity contribution in [3.05, 3.63) is 90.1 Å². The van der Waals surface area contributed by atoms with E-state index in [0.717, 1.165) is 29.2 Å². The minimum absolute atomic E-state index is 0.306. The molecule has 1 saturated carbocycles. The number of rotatable bonds is 7. The van der Waals surface area contributed by atoms with Crippen molar-refractivity contribution in [2.75, 3.05) is 0 Å². The van der Waals surface area contributed by atoms with Gasteiger partial charge in [0.05, 0.1) is 11.7 Å². The second-order valence-electron chi connectivity index (χ2n) is 10.6. The molecule has 0 N–H and O–H groups in total. The molecule has 0 saturated heterocycles. The van der Waals surface area contributed by atoms with E-state index in [9.17, 15) is 4.79 Å². The number of hydrogen-bond acceptors (Lipinski definition) is 3. The molecular weight excluding hydrogens is 434 g/mol. The molecule has 0 aliphatic heterocycles. The first-order valence-corrected chi connectivity index (χ1v) is 12.4. The first kappa shape index (κ1) is 23.2. The van der Waals surface area contributed by atoms with Crippen LogP contribution in [0.4, 0.5) is 4.79 Å². The van der Waals surface area contributed by atoms with Gasteiger partial charge in [-0.1, -0.05) is 60.7 Å². The number of amides is 1. The minimum atomic E-state index is -0.541. The summed E-state index contributed by atoms with van der Waals surface area (Å²) in [6.07, 6.45) is 4.31. The van der Waals surface area contributed by atoms with Gasteiger partial charge in [-0.2, -0.15) is 5.10 Å². The van der Waals surface area contributed by atoms with Crippen LogP contribution in [0.5, 0.6) is 0 Å². The van der Waals surface area contributed by atoms with Crippen molar-refractivity contribution in [3.63, 3.8) is 0 Å². The largest absolute Gasteiger partial charge is 0.444 e. The van der Waals surface area contributed by atoms with E-state index in [1.165, 1.54) is 29.3 Å². The van der Waals surface area contributed by atoms with Crippen LogP contribution in [0, 0.1) is 5.92 Å². The molecule has 1 aliphatic rings. The van der Waals surface area contributed by atoms with E-state index in [1.54, 1.807) is 4.90 Å². The lowest BCUT2D eigenvalue weighted by molar-refractivity contribution is 0.0216. The fourth-order valence-electron chi connectivity index (χ4n) is 4.30. The monoisotopic (exact) mass is 467 g/mol. The summed E-state index contributed by atoms with van der Waals surface area (Å²) in [6.45, 7) is 7.69. The predicted octanol–water partition coefficient (Wildman–Crippen LogP) is 7.05. The molecule has 1 heterocycles. The van der Waals surface area contributed by atoms with E-state index < -0.39 is 5.60 Å². The van der Waals surface area contributed by atoms with Crippen LogP contribution in [0.1, 0.15) is 44.7 Å². The van der Waals surface area contributed by atoms with Gasteiger partial charge in [0, 0.05) is 25.0 Å². The highest BCUT2D eigenvalue weighted by Crippen LogP contribution is 2.32. The number of nitrogens with zero attached hydrogens (tertiary/aromatic N) is 3. The SMILES string of the molecule is CC(C)(C)OC(=O)N(Cc1ccccc1)Cc1ccc(-c2ccc3c(cnn3CC3CC3)c2)cc1. The summed E-state index contributed by atoms with van der Waals surface area (Å²) < 4.78 is 7.82. The zero-order valence-corrected chi connectivity index (χ0v) is 20.8. The van der Waals surface area contributed by atoms with E-state index in [1.807, 2.05) is 57.3 Å². The summed E-state index contributed by atoms with van der Waals surface area (Å²) in [4.78, 5) is 14.7. The normalized spacial score (nSPS) is 13.7. The van der Waals surface area contributed by atoms with E-state index >= 15 is 0 Å². The van der Waals surface area contributed by atoms with Crippen molar-refractivity contribution in [2.24, 2.45) is 5.92 Å². The minimum Gasteiger partial charge on any atom is -0.444 e. The highest BCUT2D eigenvalue weighted by atomic mass is 16.6. The second-order valence-corrected chi connectivity index (χ2v) is 10.6. The molecule has 0 spiro atoms. The number of fused-ring (bicyclic) bond motifs is 1. The quantitative estimate of drug-likeness (QED) is 0.293. The van der Waals surface area contributed by atoms with Gasteiger partial charge in [0.25, 0.3) is 0 Å². The Morgan fingerprint density at radius 1 is 0.943 bits per heavy atom. The summed E-state index contributed by atoms with van der Waals surface area (Å²) in [5.41, 5.74) is 5.12. The van der Waals surface area contributed by atoms with Crippen LogP contribution in [-0.4, -0.2) is 26.4 Å². The lowest BCUT2D eigenvalue weighted by Crippen LogP contribution is -2.36. The Labute approximate surface area is 207 Å². The Hall–Kier alpha value is -3.60. The predicted molar refractivity (Wildman–Crippen MR) is 140 cm³/mol. The van der Waals surface area contributed by atoms with Crippen LogP contribution in [0.25, 0.3) is 22.0 Å². The van der Waals surface area contributed by atoms with Gasteiger partial charge >= 0.3 is 6.09 Å². The molecule has 0 bridgehead atoms. The molecule has 3 aromatic carbocycles. The van der Waals surface area contributed by atoms with Crippen molar-refractivity contribution < 1.29 is 9.53 Å². The maximum absolute atomic E-state index is 12.9. The number of carbonyl (C=O) groups is 1. The Morgan fingerprint density at radius 3 is 2.26 bits per heavy atom. The van der Waals surface area contributed by atoms with Gasteiger partial charge in [-0.25, -0.2) is 4.79 Å². The zero-order chi connectivity index (χ0) is 24.4. The molecule has 1 aromatic heterocycles. The molecule has 35 heavy (non-hydrogen) atoms. The van der Waals surface area contributed by atoms with Crippen molar-refractivity contribution in [1.82, 2.24) is 14.7 Å². The molecule has 5 heteroatoms. The summed E-state index contributed by atoms with van der Waals surface area (Å²) in [7, 11) is 0. The van der Waals surface area contributed by atoms with Crippen LogP contribution in [0.15, 0.2) is 79.0 Å². The van der Waals surface area contributed by atoms with E-state index in [-0.39, 0.29) is 6.09 Å². The second kappa shape index (κ2) is 9.57. The number of carbonyl (C=O) groups excluding carboxylic acids is 1. The molecule has 1 amide bonds. The van der Waals surface area contributed by atoms with Crippen LogP contribution in [0.3, 0.4) is 0 Å². The molecule has 1 aliphatic carbocycles. The van der Waals surface area contributed by atoms with Gasteiger partial charge in [0.2, 0.25) is 0 Å². The molecule has 0 radical (unpaired) electrons. The lowest BCUT2D eigenvalue weighted by Gasteiger charge is -2.27. The zero-order valence-electron chi connectivity index (χ0n) is 20.8. The highest BCUT2D eigenvalue weighted by molar-refractivity contribution is 5.84. The van der Waals surface area contributed by atoms with E-state index in [4.69, 9.17) is 4.74 Å². The van der Waals surface area contributed by atoms with Crippen LogP contribution >= 0.6 is 0 Å². The van der Waals surface area contributed by atoms with Gasteiger partial charge in [-0.05, 0) is 73.9 Å². The molecule has 4 aromatic rings. The Morgan fingerprint density at radius 2 is 1.60 bits per heavy atom. The number of aromatic nitrogens is 2. The molecule has 0 atom stereocenters. The summed E-state index contributed by atoms with van der Waals surface area (Å²) in [6, 6.07) is 25.0. The smallest absolute Gasteiger partial charge is 0.410 e. The number of hydrogen-bond donors (Lipinski definition) is 0. The van der Waals surface area contributed by atoms with Gasteiger partial charge in [-0.3, -0.25) is 9.58 Å². The van der Waals surface area contributed by atoms with Gasteiger partial charge in [0.1, 0.15) is 5.60 Å². The topological polar surface area (TPSA) is 47.4 Å². The van der Waals surface area contributed by atoms with Gasteiger partial charge in [-0.15, -0.1) is 0 Å². The molecule has 180 valence electrons. The standard InChI is InChI=1S/C30H33N3O2/c1-30(2,3)35-29(34)32(19-22-7-5-4-6-8-22)20-23-11-13-25(14-12-23)26-15-16-28-27(17-26)18-31-33(28)21-24-9-10-24/h4-8,11-18,24H,9-10,19-21H2,1-3H3. The third-order valence-electron chi connectivity index (χ3n) is 6.30. The van der Waals surface area contributed by atoms with Gasteiger partial charge in [0.15, 0.2) is 0 Å². The highest BCUT2D eigenvalue weighted by Gasteiger charge is 2.23. The van der Waals surface area contributed by atoms with Crippen molar-refractivity contribution in [2.45, 2.75) is 58.8 Å². The Balaban J connectivity index is 1.32. The molecule has 5 nitrogen and oxygen atoms in total. The molecule has 5 rings (SSSR count). The van der Waals surface area contributed by atoms with E-state index in [2.05, 4.69) is 52.2 Å². The molecular formula is C30H33N3O2. The third kappa shape index (κ3) is 5.91. The Kier molecular flexibility index (Phi) is 6.33. The van der Waals surface area contributed by atoms with Crippen LogP contribution in [-0.2, 0) is 24.4 Å². The maximum atomic E-state index is 12.9. The van der Waals surface area contributed by atoms with E-state index in [0.29, 0.717) is 13.1 Å². The average Bonchev–Trinajstić information content (AvgIpc) is 3.57. The van der Waals surface area contributed by atoms with Gasteiger partial charge < -0.3 is 4.74 Å². The fourth-order valence-corrected chi connectivity index (χ4v) is 4.30. The van der Waals surface area contributed by atoms with Crippen LogP contribution < -0.4 is 0 Å². The fraction of sp³-hybridized carbons (Fsp3) is 0.333.